The Balaban J connectivity index is 2.03. The normalized spacial score (nSPS) is 25.2. The van der Waals surface area contributed by atoms with E-state index in [4.69, 9.17) is 4.74 Å². The monoisotopic (exact) mass is 340 g/mol. The molecular weight excluding hydrogens is 316 g/mol. The molecule has 0 saturated heterocycles. The molecule has 0 spiro atoms. The molecule has 1 saturated carbocycles. The number of hydrogen-bond donors (Lipinski definition) is 1. The van der Waals surface area contributed by atoms with E-state index in [1.807, 2.05) is 65.0 Å². The second-order valence-electron chi connectivity index (χ2n) is 7.35. The molecule has 1 heterocycles. The molecule has 0 aliphatic heterocycles. The van der Waals surface area contributed by atoms with Gasteiger partial charge in [0.1, 0.15) is 11.9 Å². The van der Waals surface area contributed by atoms with Gasteiger partial charge in [0.25, 0.3) is 0 Å². The van der Waals surface area contributed by atoms with Crippen LogP contribution in [-0.4, -0.2) is 27.1 Å². The number of aryl methyl sites for hydroxylation is 2. The van der Waals surface area contributed by atoms with Crippen LogP contribution in [0, 0.1) is 25.2 Å². The number of hydrogen-bond acceptors (Lipinski definition) is 4. The van der Waals surface area contributed by atoms with E-state index in [9.17, 15) is 9.90 Å². The van der Waals surface area contributed by atoms with Crippen molar-refractivity contribution in [2.24, 2.45) is 11.3 Å². The topological polar surface area (TPSA) is 72.3 Å². The van der Waals surface area contributed by atoms with E-state index in [1.54, 1.807) is 6.20 Å². The molecule has 3 rings (SSSR count). The molecule has 1 aromatic carbocycles. The van der Waals surface area contributed by atoms with Crippen LogP contribution in [0.4, 0.5) is 0 Å². The van der Waals surface area contributed by atoms with Crippen LogP contribution in [0.2, 0.25) is 0 Å². The molecule has 5 nitrogen and oxygen atoms in total. The summed E-state index contributed by atoms with van der Waals surface area (Å²) >= 11 is 0. The van der Waals surface area contributed by atoms with E-state index in [2.05, 4.69) is 9.97 Å². The Morgan fingerprint density at radius 2 is 1.88 bits per heavy atom. The van der Waals surface area contributed by atoms with Crippen molar-refractivity contribution in [2.45, 2.75) is 46.1 Å². The third-order valence-corrected chi connectivity index (χ3v) is 5.66. The number of aliphatic carboxylic acids is 1. The maximum Gasteiger partial charge on any atom is 0.308 e. The van der Waals surface area contributed by atoms with Gasteiger partial charge in [0, 0.05) is 0 Å². The zero-order valence-electron chi connectivity index (χ0n) is 15.3. The Labute approximate surface area is 148 Å². The standard InChI is InChI=1S/C20H24N2O3/c1-12-16(11-21-14(3)22-12)25-13(2)20(15-9-7-6-8-10-15)17(18(23)24)19(20,4)5/h6-11,13,17H,1-5H3,(H,23,24). The number of benzene rings is 1. The molecule has 25 heavy (non-hydrogen) atoms. The molecule has 3 atom stereocenters. The zero-order chi connectivity index (χ0) is 18.4. The van der Waals surface area contributed by atoms with Gasteiger partial charge in [-0.15, -0.1) is 0 Å². The smallest absolute Gasteiger partial charge is 0.308 e. The van der Waals surface area contributed by atoms with Gasteiger partial charge < -0.3 is 9.84 Å². The van der Waals surface area contributed by atoms with E-state index >= 15 is 0 Å². The van der Waals surface area contributed by atoms with E-state index in [0.29, 0.717) is 11.6 Å². The summed E-state index contributed by atoms with van der Waals surface area (Å²) in [5.74, 6) is -0.0176. The van der Waals surface area contributed by atoms with Crippen LogP contribution in [0.15, 0.2) is 36.5 Å². The molecule has 3 unspecified atom stereocenters. The Kier molecular flexibility index (Phi) is 4.06. The van der Waals surface area contributed by atoms with Crippen molar-refractivity contribution in [3.05, 3.63) is 53.6 Å². The van der Waals surface area contributed by atoms with E-state index in [-0.39, 0.29) is 6.10 Å². The van der Waals surface area contributed by atoms with Gasteiger partial charge in [-0.25, -0.2) is 9.97 Å². The van der Waals surface area contributed by atoms with Gasteiger partial charge in [-0.3, -0.25) is 4.79 Å². The largest absolute Gasteiger partial charge is 0.486 e. The van der Waals surface area contributed by atoms with Gasteiger partial charge in [0.05, 0.1) is 23.2 Å². The first-order valence-electron chi connectivity index (χ1n) is 8.48. The van der Waals surface area contributed by atoms with Gasteiger partial charge >= 0.3 is 5.97 Å². The summed E-state index contributed by atoms with van der Waals surface area (Å²) in [5, 5.41) is 9.81. The number of carboxylic acids is 1. The Bertz CT molecular complexity index is 804. The van der Waals surface area contributed by atoms with Crippen molar-refractivity contribution in [1.82, 2.24) is 9.97 Å². The van der Waals surface area contributed by atoms with Gasteiger partial charge in [0.2, 0.25) is 0 Å². The average Bonchev–Trinajstić information content (AvgIpc) is 3.09. The van der Waals surface area contributed by atoms with Crippen LogP contribution in [-0.2, 0) is 10.2 Å². The summed E-state index contributed by atoms with van der Waals surface area (Å²) < 4.78 is 6.21. The van der Waals surface area contributed by atoms with Crippen molar-refractivity contribution in [3.63, 3.8) is 0 Å². The fraction of sp³-hybridized carbons (Fsp3) is 0.450. The zero-order valence-corrected chi connectivity index (χ0v) is 15.3. The number of carbonyl (C=O) groups is 1. The maximum absolute atomic E-state index is 12.0. The van der Waals surface area contributed by atoms with Crippen molar-refractivity contribution in [2.75, 3.05) is 0 Å². The second kappa shape index (κ2) is 5.83. The Morgan fingerprint density at radius 3 is 2.40 bits per heavy atom. The number of aromatic nitrogens is 2. The SMILES string of the molecule is Cc1ncc(OC(C)C2(c3ccccc3)C(C(=O)O)C2(C)C)c(C)n1. The number of nitrogens with zero attached hydrogens (tertiary/aromatic N) is 2. The summed E-state index contributed by atoms with van der Waals surface area (Å²) in [7, 11) is 0. The highest BCUT2D eigenvalue weighted by molar-refractivity contribution is 5.80. The lowest BCUT2D eigenvalue weighted by atomic mass is 9.83. The van der Waals surface area contributed by atoms with E-state index < -0.39 is 22.7 Å². The molecule has 0 bridgehead atoms. The van der Waals surface area contributed by atoms with Crippen molar-refractivity contribution >= 4 is 5.97 Å². The van der Waals surface area contributed by atoms with Gasteiger partial charge in [0.15, 0.2) is 5.75 Å². The first kappa shape index (κ1) is 17.4. The minimum atomic E-state index is -0.791. The van der Waals surface area contributed by atoms with E-state index in [1.165, 1.54) is 0 Å². The molecule has 132 valence electrons. The molecule has 2 aromatic rings. The Hall–Kier alpha value is -2.43. The van der Waals surface area contributed by atoms with Crippen molar-refractivity contribution in [1.29, 1.82) is 0 Å². The second-order valence-corrected chi connectivity index (χ2v) is 7.35. The molecule has 5 heteroatoms. The molecule has 1 aromatic heterocycles. The quantitative estimate of drug-likeness (QED) is 0.901. The molecule has 1 aliphatic rings. The number of ether oxygens (including phenoxy) is 1. The summed E-state index contributed by atoms with van der Waals surface area (Å²) in [5.41, 5.74) is 0.731. The predicted molar refractivity (Wildman–Crippen MR) is 94.6 cm³/mol. The van der Waals surface area contributed by atoms with E-state index in [0.717, 1.165) is 11.3 Å². The van der Waals surface area contributed by atoms with Gasteiger partial charge in [-0.2, -0.15) is 0 Å². The molecule has 1 fully saturated rings. The summed E-state index contributed by atoms with van der Waals surface area (Å²) in [6.07, 6.45) is 1.33. The molecular formula is C20H24N2O3. The first-order valence-corrected chi connectivity index (χ1v) is 8.48. The first-order chi connectivity index (χ1) is 11.7. The summed E-state index contributed by atoms with van der Waals surface area (Å²) in [6, 6.07) is 9.80. The highest BCUT2D eigenvalue weighted by Gasteiger charge is 2.78. The lowest BCUT2D eigenvalue weighted by molar-refractivity contribution is -0.140. The lowest BCUT2D eigenvalue weighted by Crippen LogP contribution is -2.35. The molecule has 1 aliphatic carbocycles. The average molecular weight is 340 g/mol. The molecule has 0 amide bonds. The van der Waals surface area contributed by atoms with Crippen LogP contribution < -0.4 is 4.74 Å². The minimum absolute atomic E-state index is 0.337. The maximum atomic E-state index is 12.0. The highest BCUT2D eigenvalue weighted by atomic mass is 16.5. The fourth-order valence-electron chi connectivity index (χ4n) is 4.52. The molecule has 0 radical (unpaired) electrons. The van der Waals surface area contributed by atoms with Crippen LogP contribution in [0.25, 0.3) is 0 Å². The third-order valence-electron chi connectivity index (χ3n) is 5.66. The third kappa shape index (κ3) is 2.49. The lowest BCUT2D eigenvalue weighted by Gasteiger charge is -2.29. The predicted octanol–water partition coefficient (Wildman–Crippen LogP) is 3.54. The number of rotatable bonds is 5. The van der Waals surface area contributed by atoms with Crippen LogP contribution in [0.3, 0.4) is 0 Å². The van der Waals surface area contributed by atoms with Gasteiger partial charge in [-0.1, -0.05) is 44.2 Å². The van der Waals surface area contributed by atoms with Crippen molar-refractivity contribution < 1.29 is 14.6 Å². The summed E-state index contributed by atoms with van der Waals surface area (Å²) in [4.78, 5) is 20.5. The van der Waals surface area contributed by atoms with Crippen LogP contribution in [0.5, 0.6) is 5.75 Å². The minimum Gasteiger partial charge on any atom is -0.486 e. The number of carboxylic acid groups (broad SMARTS) is 1. The van der Waals surface area contributed by atoms with Gasteiger partial charge in [-0.05, 0) is 31.7 Å². The highest BCUT2D eigenvalue weighted by Crippen LogP contribution is 2.71. The summed E-state index contributed by atoms with van der Waals surface area (Å²) in [6.45, 7) is 9.64. The fourth-order valence-corrected chi connectivity index (χ4v) is 4.52. The molecule has 1 N–H and O–H groups in total. The van der Waals surface area contributed by atoms with Crippen LogP contribution in [0.1, 0.15) is 37.9 Å². The van der Waals surface area contributed by atoms with Crippen LogP contribution >= 0.6 is 0 Å². The van der Waals surface area contributed by atoms with Crippen molar-refractivity contribution in [3.8, 4) is 5.75 Å². The Morgan fingerprint density at radius 1 is 1.24 bits per heavy atom.